The third-order valence-electron chi connectivity index (χ3n) is 8.99. The molecule has 0 aromatic heterocycles. The van der Waals surface area contributed by atoms with Crippen molar-refractivity contribution in [3.05, 3.63) is 102 Å². The molecular weight excluding hydrogens is 633 g/mol. The standard InChI is InChI=1S/C46H62O5/c1-3-5-7-9-10-11-12-13-14-15-16-17-18-20-38-50-43-31-23-40(24-32-43)26-36-46(48)51-44-33-27-41(28-34-44)45(47)35-25-39-21-29-42(30-22-39)49-37-19-8-6-4-2/h21-36H,3-20,37-38H2,1-2H3/b35-25+,36-26+. The van der Waals surface area contributed by atoms with E-state index < -0.39 is 5.97 Å². The van der Waals surface area contributed by atoms with E-state index in [1.54, 1.807) is 42.5 Å². The Morgan fingerprint density at radius 2 is 0.824 bits per heavy atom. The summed E-state index contributed by atoms with van der Waals surface area (Å²) < 4.78 is 17.1. The highest BCUT2D eigenvalue weighted by atomic mass is 16.5. The molecule has 0 aliphatic heterocycles. The molecule has 5 nitrogen and oxygen atoms in total. The number of ketones is 1. The topological polar surface area (TPSA) is 61.8 Å². The molecule has 0 aliphatic carbocycles. The number of carbonyl (C=O) groups excluding carboxylic acids is 2. The van der Waals surface area contributed by atoms with E-state index in [0.29, 0.717) is 11.3 Å². The maximum Gasteiger partial charge on any atom is 0.336 e. The fourth-order valence-corrected chi connectivity index (χ4v) is 5.83. The summed E-state index contributed by atoms with van der Waals surface area (Å²) in [4.78, 5) is 25.1. The van der Waals surface area contributed by atoms with Gasteiger partial charge in [0.2, 0.25) is 0 Å². The average molecular weight is 695 g/mol. The van der Waals surface area contributed by atoms with E-state index in [4.69, 9.17) is 14.2 Å². The fraction of sp³-hybridized carbons (Fsp3) is 0.478. The van der Waals surface area contributed by atoms with Crippen molar-refractivity contribution >= 4 is 23.9 Å². The molecule has 0 N–H and O–H groups in total. The second-order valence-electron chi connectivity index (χ2n) is 13.5. The molecule has 0 spiro atoms. The zero-order valence-corrected chi connectivity index (χ0v) is 31.4. The SMILES string of the molecule is CCCCCCCCCCCCCCCCOc1ccc(/C=C/C(=O)Oc2ccc(C(=O)/C=C/c3ccc(OCCCCCC)cc3)cc2)cc1. The van der Waals surface area contributed by atoms with Gasteiger partial charge in [0.1, 0.15) is 17.2 Å². The second kappa shape index (κ2) is 26.7. The molecule has 0 aliphatic rings. The molecule has 5 heteroatoms. The molecule has 3 rings (SSSR count). The van der Waals surface area contributed by atoms with Gasteiger partial charge >= 0.3 is 5.97 Å². The van der Waals surface area contributed by atoms with Gasteiger partial charge in [0.05, 0.1) is 13.2 Å². The van der Waals surface area contributed by atoms with Crippen LogP contribution < -0.4 is 14.2 Å². The van der Waals surface area contributed by atoms with Gasteiger partial charge in [-0.1, -0.05) is 147 Å². The Morgan fingerprint density at radius 1 is 0.451 bits per heavy atom. The van der Waals surface area contributed by atoms with E-state index in [9.17, 15) is 9.59 Å². The zero-order chi connectivity index (χ0) is 36.2. The van der Waals surface area contributed by atoms with Gasteiger partial charge in [-0.2, -0.15) is 0 Å². The maximum absolute atomic E-state index is 12.7. The average Bonchev–Trinajstić information content (AvgIpc) is 3.15. The molecule has 0 radical (unpaired) electrons. The number of unbranched alkanes of at least 4 members (excludes halogenated alkanes) is 16. The van der Waals surface area contributed by atoms with E-state index in [1.807, 2.05) is 48.5 Å². The van der Waals surface area contributed by atoms with Crippen LogP contribution in [0.1, 0.15) is 151 Å². The van der Waals surface area contributed by atoms with Crippen molar-refractivity contribution in [2.45, 2.75) is 129 Å². The number of allylic oxidation sites excluding steroid dienone is 1. The van der Waals surface area contributed by atoms with Crippen molar-refractivity contribution in [3.63, 3.8) is 0 Å². The summed E-state index contributed by atoms with van der Waals surface area (Å²) in [7, 11) is 0. The minimum Gasteiger partial charge on any atom is -0.494 e. The molecule has 0 bridgehead atoms. The van der Waals surface area contributed by atoms with E-state index >= 15 is 0 Å². The fourth-order valence-electron chi connectivity index (χ4n) is 5.83. The van der Waals surface area contributed by atoms with Gasteiger partial charge in [-0.3, -0.25) is 4.79 Å². The highest BCUT2D eigenvalue weighted by Gasteiger charge is 2.05. The van der Waals surface area contributed by atoms with Crippen LogP contribution in [-0.2, 0) is 4.79 Å². The minimum atomic E-state index is -0.486. The summed E-state index contributed by atoms with van der Waals surface area (Å²) >= 11 is 0. The Hall–Kier alpha value is -4.12. The minimum absolute atomic E-state index is 0.129. The Balaban J connectivity index is 1.26. The van der Waals surface area contributed by atoms with Crippen molar-refractivity contribution < 1.29 is 23.8 Å². The van der Waals surface area contributed by atoms with Gasteiger partial charge in [-0.15, -0.1) is 0 Å². The highest BCUT2D eigenvalue weighted by Crippen LogP contribution is 2.18. The second-order valence-corrected chi connectivity index (χ2v) is 13.5. The van der Waals surface area contributed by atoms with Crippen molar-refractivity contribution in [2.24, 2.45) is 0 Å². The Labute approximate surface area is 308 Å². The van der Waals surface area contributed by atoms with Crippen molar-refractivity contribution in [1.29, 1.82) is 0 Å². The molecule has 0 atom stereocenters. The van der Waals surface area contributed by atoms with Crippen LogP contribution in [0.15, 0.2) is 84.9 Å². The molecule has 0 saturated heterocycles. The lowest BCUT2D eigenvalue weighted by Crippen LogP contribution is -2.04. The molecule has 0 amide bonds. The highest BCUT2D eigenvalue weighted by molar-refractivity contribution is 6.06. The molecule has 0 heterocycles. The first-order valence-corrected chi connectivity index (χ1v) is 19.8. The number of benzene rings is 3. The van der Waals surface area contributed by atoms with E-state index in [0.717, 1.165) is 48.7 Å². The van der Waals surface area contributed by atoms with Crippen LogP contribution >= 0.6 is 0 Å². The number of carbonyl (C=O) groups is 2. The lowest BCUT2D eigenvalue weighted by atomic mass is 10.0. The van der Waals surface area contributed by atoms with Crippen LogP contribution in [0.25, 0.3) is 12.2 Å². The number of hydrogen-bond acceptors (Lipinski definition) is 5. The lowest BCUT2D eigenvalue weighted by molar-refractivity contribution is -0.128. The lowest BCUT2D eigenvalue weighted by Gasteiger charge is -2.07. The number of ether oxygens (including phenoxy) is 3. The summed E-state index contributed by atoms with van der Waals surface area (Å²) in [6, 6.07) is 22.0. The van der Waals surface area contributed by atoms with Crippen molar-refractivity contribution in [2.75, 3.05) is 13.2 Å². The predicted octanol–water partition coefficient (Wildman–Crippen LogP) is 13.0. The van der Waals surface area contributed by atoms with Crippen LogP contribution in [-0.4, -0.2) is 25.0 Å². The number of esters is 1. The van der Waals surface area contributed by atoms with Gasteiger partial charge in [0.25, 0.3) is 0 Å². The summed E-state index contributed by atoms with van der Waals surface area (Å²) in [5.41, 5.74) is 2.31. The predicted molar refractivity (Wildman–Crippen MR) is 213 cm³/mol. The molecule has 51 heavy (non-hydrogen) atoms. The molecule has 3 aromatic rings. The third kappa shape index (κ3) is 19.2. The third-order valence-corrected chi connectivity index (χ3v) is 8.99. The first-order valence-electron chi connectivity index (χ1n) is 19.8. The van der Waals surface area contributed by atoms with Gasteiger partial charge < -0.3 is 14.2 Å². The Kier molecular flexibility index (Phi) is 21.6. The largest absolute Gasteiger partial charge is 0.494 e. The first-order chi connectivity index (χ1) is 25.1. The van der Waals surface area contributed by atoms with Crippen LogP contribution in [0.3, 0.4) is 0 Å². The van der Waals surface area contributed by atoms with E-state index in [1.165, 1.54) is 109 Å². The summed E-state index contributed by atoms with van der Waals surface area (Å²) in [5.74, 6) is 1.44. The molecule has 276 valence electrons. The van der Waals surface area contributed by atoms with E-state index in [2.05, 4.69) is 13.8 Å². The maximum atomic E-state index is 12.7. The Morgan fingerprint density at radius 3 is 1.27 bits per heavy atom. The summed E-state index contributed by atoms with van der Waals surface area (Å²) in [5, 5.41) is 0. The van der Waals surface area contributed by atoms with Gasteiger partial charge in [0.15, 0.2) is 5.78 Å². The van der Waals surface area contributed by atoms with E-state index in [-0.39, 0.29) is 5.78 Å². The molecule has 0 saturated carbocycles. The molecule has 3 aromatic carbocycles. The van der Waals surface area contributed by atoms with Crippen molar-refractivity contribution in [1.82, 2.24) is 0 Å². The monoisotopic (exact) mass is 694 g/mol. The van der Waals surface area contributed by atoms with Crippen LogP contribution in [0.4, 0.5) is 0 Å². The first kappa shape index (κ1) is 41.3. The van der Waals surface area contributed by atoms with Gasteiger partial charge in [0, 0.05) is 11.6 Å². The molecular formula is C46H62O5. The number of hydrogen-bond donors (Lipinski definition) is 0. The summed E-state index contributed by atoms with van der Waals surface area (Å²) in [6.45, 7) is 5.92. The summed E-state index contributed by atoms with van der Waals surface area (Å²) in [6.07, 6.45) is 30.0. The normalized spacial score (nSPS) is 11.3. The van der Waals surface area contributed by atoms with Crippen LogP contribution in [0.2, 0.25) is 0 Å². The quantitative estimate of drug-likeness (QED) is 0.0249. The number of rotatable bonds is 28. The van der Waals surface area contributed by atoms with Gasteiger partial charge in [-0.05, 0) is 84.7 Å². The van der Waals surface area contributed by atoms with Crippen LogP contribution in [0, 0.1) is 0 Å². The Bertz CT molecular complexity index is 1400. The smallest absolute Gasteiger partial charge is 0.336 e. The molecule has 0 fully saturated rings. The van der Waals surface area contributed by atoms with Crippen molar-refractivity contribution in [3.8, 4) is 17.2 Å². The molecule has 0 unspecified atom stereocenters. The van der Waals surface area contributed by atoms with Crippen LogP contribution in [0.5, 0.6) is 17.2 Å². The van der Waals surface area contributed by atoms with Gasteiger partial charge in [-0.25, -0.2) is 4.79 Å². The zero-order valence-electron chi connectivity index (χ0n) is 31.4.